The molecule has 3 heterocycles. The third-order valence-electron chi connectivity index (χ3n) is 6.76. The molecule has 0 spiro atoms. The van der Waals surface area contributed by atoms with Gasteiger partial charge in [-0.1, -0.05) is 18.5 Å². The summed E-state index contributed by atoms with van der Waals surface area (Å²) in [7, 11) is 3.09. The number of benzene rings is 1. The Balaban J connectivity index is 1.61. The second-order valence-corrected chi connectivity index (χ2v) is 9.76. The van der Waals surface area contributed by atoms with E-state index in [9.17, 15) is 18.4 Å². The van der Waals surface area contributed by atoms with Gasteiger partial charge in [-0.05, 0) is 37.2 Å². The number of carbonyl (C=O) groups excluding carboxylic acids is 1. The Bertz CT molecular complexity index is 1400. The van der Waals surface area contributed by atoms with Crippen molar-refractivity contribution in [2.24, 2.45) is 24.6 Å². The summed E-state index contributed by atoms with van der Waals surface area (Å²) in [4.78, 5) is 34.7. The van der Waals surface area contributed by atoms with Crippen LogP contribution in [0.25, 0.3) is 10.9 Å². The summed E-state index contributed by atoms with van der Waals surface area (Å²) < 4.78 is 36.2. The van der Waals surface area contributed by atoms with Gasteiger partial charge in [0.05, 0.1) is 11.7 Å². The minimum Gasteiger partial charge on any atom is -0.478 e. The summed E-state index contributed by atoms with van der Waals surface area (Å²) in [5.74, 6) is -4.36. The molecule has 2 aromatic heterocycles. The summed E-state index contributed by atoms with van der Waals surface area (Å²) in [6, 6.07) is 6.85. The van der Waals surface area contributed by atoms with E-state index in [-0.39, 0.29) is 60.8 Å². The van der Waals surface area contributed by atoms with Crippen LogP contribution in [0.15, 0.2) is 35.3 Å². The first-order chi connectivity index (χ1) is 18.0. The van der Waals surface area contributed by atoms with Crippen molar-refractivity contribution in [2.45, 2.75) is 19.3 Å². The minimum absolute atomic E-state index is 0.0335. The number of fused-ring (bicyclic) bond motifs is 1. The number of piperidine rings is 1. The van der Waals surface area contributed by atoms with Gasteiger partial charge in [0.15, 0.2) is 18.2 Å². The Hall–Kier alpha value is -3.51. The SMILES string of the molecule is CNC(=O)COc1cc2cc(Nc3nc(N4CC(C)C(F)(F)C(CCN)C4)ncc3Cl)ccc2n(C)c1=O. The molecule has 0 radical (unpaired) electrons. The molecule has 38 heavy (non-hydrogen) atoms. The number of ether oxygens (including phenoxy) is 1. The van der Waals surface area contributed by atoms with Crippen LogP contribution in [0.3, 0.4) is 0 Å². The fraction of sp³-hybridized carbons (Fsp3) is 0.440. The summed E-state index contributed by atoms with van der Waals surface area (Å²) in [6.45, 7) is 1.57. The number of anilines is 3. The molecule has 4 N–H and O–H groups in total. The number of aromatic nitrogens is 3. The Morgan fingerprint density at radius 1 is 1.32 bits per heavy atom. The number of amides is 1. The van der Waals surface area contributed by atoms with Crippen molar-refractivity contribution in [1.29, 1.82) is 0 Å². The van der Waals surface area contributed by atoms with Gasteiger partial charge in [-0.25, -0.2) is 13.8 Å². The minimum atomic E-state index is -2.82. The summed E-state index contributed by atoms with van der Waals surface area (Å²) in [5, 5.41) is 6.51. The lowest BCUT2D eigenvalue weighted by Crippen LogP contribution is -2.53. The number of nitrogens with zero attached hydrogens (tertiary/aromatic N) is 4. The van der Waals surface area contributed by atoms with Gasteiger partial charge < -0.3 is 30.6 Å². The van der Waals surface area contributed by atoms with E-state index in [1.165, 1.54) is 24.7 Å². The van der Waals surface area contributed by atoms with Crippen LogP contribution in [0, 0.1) is 11.8 Å². The van der Waals surface area contributed by atoms with Crippen LogP contribution < -0.4 is 31.6 Å². The highest BCUT2D eigenvalue weighted by Gasteiger charge is 2.49. The monoisotopic (exact) mass is 549 g/mol. The Kier molecular flexibility index (Phi) is 8.02. The first-order valence-electron chi connectivity index (χ1n) is 12.1. The largest absolute Gasteiger partial charge is 0.478 e. The third-order valence-corrected chi connectivity index (χ3v) is 7.03. The number of halogens is 3. The van der Waals surface area contributed by atoms with E-state index in [2.05, 4.69) is 20.6 Å². The molecule has 13 heteroatoms. The summed E-state index contributed by atoms with van der Waals surface area (Å²) >= 11 is 6.37. The molecule has 10 nitrogen and oxygen atoms in total. The van der Waals surface area contributed by atoms with Crippen molar-refractivity contribution in [2.75, 3.05) is 43.5 Å². The zero-order valence-electron chi connectivity index (χ0n) is 21.3. The molecule has 4 rings (SSSR count). The average Bonchev–Trinajstić information content (AvgIpc) is 2.89. The van der Waals surface area contributed by atoms with Gasteiger partial charge in [-0.2, -0.15) is 4.98 Å². The number of pyridine rings is 1. The smallest absolute Gasteiger partial charge is 0.293 e. The molecule has 1 amide bonds. The van der Waals surface area contributed by atoms with Crippen LogP contribution >= 0.6 is 11.6 Å². The van der Waals surface area contributed by atoms with Crippen LogP contribution in [0.2, 0.25) is 5.02 Å². The lowest BCUT2D eigenvalue weighted by atomic mass is 9.84. The first kappa shape index (κ1) is 27.5. The molecule has 1 saturated heterocycles. The van der Waals surface area contributed by atoms with Crippen LogP contribution in [0.1, 0.15) is 13.3 Å². The molecule has 1 aliphatic rings. The fourth-order valence-corrected chi connectivity index (χ4v) is 4.69. The number of hydrogen-bond acceptors (Lipinski definition) is 8. The summed E-state index contributed by atoms with van der Waals surface area (Å²) in [5.41, 5.74) is 6.47. The van der Waals surface area contributed by atoms with E-state index in [1.54, 1.807) is 36.2 Å². The van der Waals surface area contributed by atoms with E-state index in [1.807, 2.05) is 0 Å². The lowest BCUT2D eigenvalue weighted by molar-refractivity contribution is -0.122. The van der Waals surface area contributed by atoms with Gasteiger partial charge in [0, 0.05) is 50.1 Å². The predicted octanol–water partition coefficient (Wildman–Crippen LogP) is 2.91. The maximum absolute atomic E-state index is 14.7. The highest BCUT2D eigenvalue weighted by Crippen LogP contribution is 2.40. The van der Waals surface area contributed by atoms with Crippen molar-refractivity contribution in [1.82, 2.24) is 19.9 Å². The molecular formula is C25H30ClF2N7O3. The van der Waals surface area contributed by atoms with Crippen molar-refractivity contribution in [3.63, 3.8) is 0 Å². The Labute approximate surface area is 223 Å². The average molecular weight is 550 g/mol. The molecule has 0 bridgehead atoms. The van der Waals surface area contributed by atoms with Gasteiger partial charge in [-0.3, -0.25) is 9.59 Å². The summed E-state index contributed by atoms with van der Waals surface area (Å²) in [6.07, 6.45) is 1.62. The number of likely N-dealkylation sites (N-methyl/N-ethyl adjacent to an activating group) is 1. The molecule has 0 aliphatic carbocycles. The van der Waals surface area contributed by atoms with Crippen LogP contribution in [-0.2, 0) is 11.8 Å². The molecule has 2 unspecified atom stereocenters. The highest BCUT2D eigenvalue weighted by atomic mass is 35.5. The quantitative estimate of drug-likeness (QED) is 0.391. The van der Waals surface area contributed by atoms with Gasteiger partial charge in [0.2, 0.25) is 5.95 Å². The molecule has 1 fully saturated rings. The molecule has 2 atom stereocenters. The van der Waals surface area contributed by atoms with Crippen molar-refractivity contribution >= 4 is 45.9 Å². The fourth-order valence-electron chi connectivity index (χ4n) is 4.55. The van der Waals surface area contributed by atoms with Crippen molar-refractivity contribution in [3.05, 3.63) is 45.8 Å². The zero-order chi connectivity index (χ0) is 27.6. The van der Waals surface area contributed by atoms with Crippen LogP contribution in [0.4, 0.5) is 26.2 Å². The molecule has 1 aliphatic heterocycles. The number of rotatable bonds is 8. The van der Waals surface area contributed by atoms with E-state index in [0.717, 1.165) is 0 Å². The van der Waals surface area contributed by atoms with Crippen LogP contribution in [0.5, 0.6) is 5.75 Å². The van der Waals surface area contributed by atoms with E-state index >= 15 is 0 Å². The third kappa shape index (κ3) is 5.51. The van der Waals surface area contributed by atoms with Gasteiger partial charge in [0.1, 0.15) is 5.02 Å². The number of nitrogens with two attached hydrogens (primary N) is 1. The Morgan fingerprint density at radius 2 is 2.08 bits per heavy atom. The molecule has 3 aromatic rings. The Morgan fingerprint density at radius 3 is 2.79 bits per heavy atom. The highest BCUT2D eigenvalue weighted by molar-refractivity contribution is 6.32. The number of aryl methyl sites for hydroxylation is 1. The number of carbonyl (C=O) groups is 1. The predicted molar refractivity (Wildman–Crippen MR) is 143 cm³/mol. The van der Waals surface area contributed by atoms with Gasteiger partial charge >= 0.3 is 0 Å². The molecule has 0 saturated carbocycles. The number of hydrogen-bond donors (Lipinski definition) is 3. The second kappa shape index (κ2) is 11.1. The number of alkyl halides is 2. The first-order valence-corrected chi connectivity index (χ1v) is 12.5. The molecule has 204 valence electrons. The lowest BCUT2D eigenvalue weighted by Gasteiger charge is -2.42. The van der Waals surface area contributed by atoms with Crippen molar-refractivity contribution in [3.8, 4) is 5.75 Å². The van der Waals surface area contributed by atoms with Gasteiger partial charge in [-0.15, -0.1) is 0 Å². The van der Waals surface area contributed by atoms with Crippen LogP contribution in [-0.4, -0.2) is 59.7 Å². The van der Waals surface area contributed by atoms with Gasteiger partial charge in [0.25, 0.3) is 17.4 Å². The number of nitrogens with one attached hydrogen (secondary N) is 2. The maximum Gasteiger partial charge on any atom is 0.293 e. The van der Waals surface area contributed by atoms with E-state index < -0.39 is 17.8 Å². The van der Waals surface area contributed by atoms with E-state index in [0.29, 0.717) is 22.4 Å². The topological polar surface area (TPSA) is 127 Å². The normalized spacial score (nSPS) is 18.9. The van der Waals surface area contributed by atoms with Crippen molar-refractivity contribution < 1.29 is 18.3 Å². The standard InChI is InChI=1S/C25H30ClF2N7O3/c1-14-11-35(12-16(6-7-29)25(14,27)28)24-31-10-18(26)22(33-24)32-17-4-5-19-15(8-17)9-20(23(37)34(19)3)38-13-21(36)30-2/h4-5,8-10,14,16H,6-7,11-13,29H2,1-3H3,(H,30,36)(H,31,32,33). The van der Waals surface area contributed by atoms with E-state index in [4.69, 9.17) is 22.1 Å². The molecule has 1 aromatic carbocycles. The second-order valence-electron chi connectivity index (χ2n) is 9.35. The zero-order valence-corrected chi connectivity index (χ0v) is 22.1. The maximum atomic E-state index is 14.7. The molecular weight excluding hydrogens is 520 g/mol.